The van der Waals surface area contributed by atoms with E-state index in [0.717, 1.165) is 63.5 Å². The number of hydrogen-bond acceptors (Lipinski definition) is 2. The summed E-state index contributed by atoms with van der Waals surface area (Å²) in [5, 5.41) is 0. The van der Waals surface area contributed by atoms with Crippen LogP contribution < -0.4 is 14.8 Å². The molecule has 1 aromatic heterocycles. The average molecular weight is 352 g/mol. The first kappa shape index (κ1) is 17.0. The minimum absolute atomic E-state index is 0.0730. The Kier molecular flexibility index (Phi) is 5.16. The fraction of sp³-hybridized carbons (Fsp3) is 0.429. The number of anilines is 1. The van der Waals surface area contributed by atoms with E-state index in [2.05, 4.69) is 39.0 Å². The summed E-state index contributed by atoms with van der Waals surface area (Å²) in [6.45, 7) is 5.71. The molecular weight excluding hydrogens is 324 g/mol. The molecular formula is C21H28N4O+2. The van der Waals surface area contributed by atoms with E-state index in [-0.39, 0.29) is 6.04 Å². The number of hydrogen-bond donors (Lipinski definition) is 1. The zero-order valence-corrected chi connectivity index (χ0v) is 15.2. The number of carbonyl (C=O) groups excluding carboxylic acids is 1. The molecule has 0 aliphatic carbocycles. The van der Waals surface area contributed by atoms with Crippen LogP contribution >= 0.6 is 0 Å². The van der Waals surface area contributed by atoms with E-state index in [9.17, 15) is 4.79 Å². The summed E-state index contributed by atoms with van der Waals surface area (Å²) < 4.78 is 0. The van der Waals surface area contributed by atoms with E-state index in [1.54, 1.807) is 0 Å². The largest absolute Gasteiger partial charge is 0.337 e. The van der Waals surface area contributed by atoms with Gasteiger partial charge in [0.05, 0.1) is 6.20 Å². The Hall–Kier alpha value is -2.40. The minimum atomic E-state index is -0.0730. The maximum absolute atomic E-state index is 13.3. The minimum Gasteiger partial charge on any atom is -0.337 e. The highest BCUT2D eigenvalue weighted by Crippen LogP contribution is 2.18. The van der Waals surface area contributed by atoms with Crippen LogP contribution in [-0.2, 0) is 4.79 Å². The standard InChI is InChI=1S/C21H26N4O/c26-21(25-12-6-7-13-25)20(18-8-2-1-3-9-18)24-16-14-23(15-17-24)19-10-4-5-11-22-19/h1-5,8-11,20H,6-7,12-17H2/p+2/t20-/m0/s1. The van der Waals surface area contributed by atoms with Crippen molar-refractivity contribution in [1.29, 1.82) is 0 Å². The number of benzene rings is 1. The Labute approximate surface area is 155 Å². The molecule has 2 fully saturated rings. The second-order valence-electron chi connectivity index (χ2n) is 7.27. The number of H-pyrrole nitrogens is 1. The number of quaternary nitrogens is 1. The molecule has 0 radical (unpaired) electrons. The molecule has 136 valence electrons. The van der Waals surface area contributed by atoms with Gasteiger partial charge in [-0.1, -0.05) is 36.4 Å². The summed E-state index contributed by atoms with van der Waals surface area (Å²) >= 11 is 0. The van der Waals surface area contributed by atoms with Gasteiger partial charge in [0, 0.05) is 24.7 Å². The predicted molar refractivity (Wildman–Crippen MR) is 101 cm³/mol. The molecule has 5 heteroatoms. The van der Waals surface area contributed by atoms with Crippen molar-refractivity contribution in [3.63, 3.8) is 0 Å². The van der Waals surface area contributed by atoms with Crippen LogP contribution in [0.1, 0.15) is 24.4 Å². The summed E-state index contributed by atoms with van der Waals surface area (Å²) in [5.41, 5.74) is 1.15. The molecule has 4 rings (SSSR count). The Morgan fingerprint density at radius 1 is 0.923 bits per heavy atom. The van der Waals surface area contributed by atoms with Crippen molar-refractivity contribution >= 4 is 11.7 Å². The molecule has 2 aromatic rings. The van der Waals surface area contributed by atoms with Crippen molar-refractivity contribution in [2.24, 2.45) is 0 Å². The van der Waals surface area contributed by atoms with Gasteiger partial charge in [-0.2, -0.15) is 0 Å². The zero-order valence-electron chi connectivity index (χ0n) is 15.2. The maximum Gasteiger partial charge on any atom is 0.285 e. The fourth-order valence-electron chi connectivity index (χ4n) is 4.22. The number of nitrogens with zero attached hydrogens (tertiary/aromatic N) is 2. The predicted octanol–water partition coefficient (Wildman–Crippen LogP) is 0.569. The van der Waals surface area contributed by atoms with Gasteiger partial charge in [0.2, 0.25) is 0 Å². The van der Waals surface area contributed by atoms with Crippen LogP contribution in [0, 0.1) is 0 Å². The van der Waals surface area contributed by atoms with Gasteiger partial charge in [0.25, 0.3) is 11.7 Å². The molecule has 1 atom stereocenters. The Morgan fingerprint density at radius 2 is 1.62 bits per heavy atom. The van der Waals surface area contributed by atoms with Gasteiger partial charge in [-0.25, -0.2) is 4.98 Å². The van der Waals surface area contributed by atoms with Crippen molar-refractivity contribution in [2.45, 2.75) is 18.9 Å². The smallest absolute Gasteiger partial charge is 0.285 e. The van der Waals surface area contributed by atoms with E-state index in [1.807, 2.05) is 30.5 Å². The van der Waals surface area contributed by atoms with Crippen LogP contribution in [0.15, 0.2) is 54.7 Å². The van der Waals surface area contributed by atoms with E-state index in [1.165, 1.54) is 4.90 Å². The third kappa shape index (κ3) is 3.58. The lowest BCUT2D eigenvalue weighted by molar-refractivity contribution is -0.923. The van der Waals surface area contributed by atoms with Gasteiger partial charge in [-0.3, -0.25) is 9.69 Å². The Morgan fingerprint density at radius 3 is 2.27 bits per heavy atom. The number of likely N-dealkylation sites (tertiary alicyclic amines) is 1. The molecule has 0 saturated carbocycles. The summed E-state index contributed by atoms with van der Waals surface area (Å²) in [6, 6.07) is 16.5. The number of piperazine rings is 1. The molecule has 1 amide bonds. The fourth-order valence-corrected chi connectivity index (χ4v) is 4.22. The number of rotatable bonds is 4. The lowest BCUT2D eigenvalue weighted by atomic mass is 10.0. The number of pyridine rings is 1. The van der Waals surface area contributed by atoms with E-state index in [0.29, 0.717) is 5.91 Å². The molecule has 0 bridgehead atoms. The molecule has 2 N–H and O–H groups in total. The maximum atomic E-state index is 13.3. The van der Waals surface area contributed by atoms with Gasteiger partial charge in [0.15, 0.2) is 6.04 Å². The molecule has 0 spiro atoms. The quantitative estimate of drug-likeness (QED) is 0.874. The first-order valence-electron chi connectivity index (χ1n) is 9.73. The van der Waals surface area contributed by atoms with Crippen LogP contribution in [0.4, 0.5) is 5.82 Å². The van der Waals surface area contributed by atoms with Crippen molar-refractivity contribution in [1.82, 2.24) is 4.90 Å². The van der Waals surface area contributed by atoms with E-state index in [4.69, 9.17) is 0 Å². The molecule has 26 heavy (non-hydrogen) atoms. The normalized spacial score (nSPS) is 19.5. The van der Waals surface area contributed by atoms with Gasteiger partial charge in [0.1, 0.15) is 26.2 Å². The Bertz CT molecular complexity index is 707. The first-order valence-corrected chi connectivity index (χ1v) is 9.73. The number of aromatic amines is 1. The van der Waals surface area contributed by atoms with Crippen LogP contribution in [-0.4, -0.2) is 50.1 Å². The van der Waals surface area contributed by atoms with Crippen molar-refractivity contribution in [2.75, 3.05) is 44.2 Å². The van der Waals surface area contributed by atoms with Crippen LogP contribution in [0.2, 0.25) is 0 Å². The number of aromatic nitrogens is 1. The molecule has 5 nitrogen and oxygen atoms in total. The molecule has 1 aromatic carbocycles. The molecule has 2 saturated heterocycles. The second kappa shape index (κ2) is 7.87. The third-order valence-electron chi connectivity index (χ3n) is 5.64. The first-order chi connectivity index (χ1) is 12.8. The lowest BCUT2D eigenvalue weighted by Gasteiger charge is -2.34. The number of nitrogens with one attached hydrogen (secondary N) is 2. The second-order valence-corrected chi connectivity index (χ2v) is 7.27. The summed E-state index contributed by atoms with van der Waals surface area (Å²) in [7, 11) is 0. The number of carbonyl (C=O) groups is 1. The van der Waals surface area contributed by atoms with Crippen molar-refractivity contribution in [3.05, 3.63) is 60.3 Å². The van der Waals surface area contributed by atoms with Crippen LogP contribution in [0.25, 0.3) is 0 Å². The highest BCUT2D eigenvalue weighted by molar-refractivity contribution is 5.82. The summed E-state index contributed by atoms with van der Waals surface area (Å²) in [5.74, 6) is 1.47. The summed E-state index contributed by atoms with van der Waals surface area (Å²) in [6.07, 6.45) is 4.25. The topological polar surface area (TPSA) is 42.1 Å². The highest BCUT2D eigenvalue weighted by Gasteiger charge is 2.39. The van der Waals surface area contributed by atoms with Crippen LogP contribution in [0.3, 0.4) is 0 Å². The van der Waals surface area contributed by atoms with Gasteiger partial charge in [-0.15, -0.1) is 0 Å². The van der Waals surface area contributed by atoms with Gasteiger partial charge in [-0.05, 0) is 18.9 Å². The van der Waals surface area contributed by atoms with Crippen molar-refractivity contribution in [3.8, 4) is 0 Å². The monoisotopic (exact) mass is 352 g/mol. The summed E-state index contributed by atoms with van der Waals surface area (Å²) in [4.78, 5) is 22.4. The molecule has 0 unspecified atom stereocenters. The Balaban J connectivity index is 1.51. The van der Waals surface area contributed by atoms with Crippen molar-refractivity contribution < 1.29 is 14.7 Å². The van der Waals surface area contributed by atoms with Gasteiger partial charge < -0.3 is 9.80 Å². The molecule has 2 aliphatic heterocycles. The van der Waals surface area contributed by atoms with Crippen LogP contribution in [0.5, 0.6) is 0 Å². The number of amides is 1. The lowest BCUT2D eigenvalue weighted by Crippen LogP contribution is -3.16. The average Bonchev–Trinajstić information content (AvgIpc) is 3.25. The third-order valence-corrected chi connectivity index (χ3v) is 5.64. The molecule has 2 aliphatic rings. The van der Waals surface area contributed by atoms with Gasteiger partial charge >= 0.3 is 0 Å². The SMILES string of the molecule is O=C([C@H](c1ccccc1)[NH+]1CCN(c2cccc[nH+]2)CC1)N1CCCC1. The molecule has 3 heterocycles. The van der Waals surface area contributed by atoms with E-state index >= 15 is 0 Å². The zero-order chi connectivity index (χ0) is 17.8. The van der Waals surface area contributed by atoms with E-state index < -0.39 is 0 Å². The highest BCUT2D eigenvalue weighted by atomic mass is 16.2.